The van der Waals surface area contributed by atoms with Crippen LogP contribution in [0.3, 0.4) is 0 Å². The SMILES string of the molecule is CO[C@@H](C(C)(C)C)[C@]12C=C[C@H](O1)[C@@H](C)C(=O)[C@H]2C. The Labute approximate surface area is 110 Å². The minimum Gasteiger partial charge on any atom is -0.378 e. The summed E-state index contributed by atoms with van der Waals surface area (Å²) in [7, 11) is 1.70. The number of Topliss-reactive ketones (excluding diaryl/α,β-unsaturated/α-hetero) is 1. The number of rotatable bonds is 2. The number of hydrogen-bond donors (Lipinski definition) is 0. The Hall–Kier alpha value is -0.670. The van der Waals surface area contributed by atoms with E-state index in [1.807, 2.05) is 19.9 Å². The first-order valence-electron chi connectivity index (χ1n) is 6.67. The van der Waals surface area contributed by atoms with E-state index >= 15 is 0 Å². The molecule has 2 heterocycles. The third-order valence-electron chi connectivity index (χ3n) is 4.36. The zero-order valence-electron chi connectivity index (χ0n) is 12.2. The van der Waals surface area contributed by atoms with Crippen LogP contribution < -0.4 is 0 Å². The first kappa shape index (κ1) is 13.8. The standard InChI is InChI=1S/C15H24O3/c1-9-11-7-8-15(18-11,10(2)12(9)16)13(17-6)14(3,4)5/h7-11,13H,1-6H3/t9-,10-,11+,13+,15-/m1/s1. The fraction of sp³-hybridized carbons (Fsp3) is 0.800. The highest BCUT2D eigenvalue weighted by Crippen LogP contribution is 2.48. The molecule has 0 aromatic heterocycles. The minimum absolute atomic E-state index is 0.0515. The van der Waals surface area contributed by atoms with E-state index in [4.69, 9.17) is 9.47 Å². The van der Waals surface area contributed by atoms with Crippen molar-refractivity contribution in [3.8, 4) is 0 Å². The van der Waals surface area contributed by atoms with Crippen molar-refractivity contribution in [2.75, 3.05) is 7.11 Å². The van der Waals surface area contributed by atoms with Gasteiger partial charge in [-0.1, -0.05) is 46.8 Å². The van der Waals surface area contributed by atoms with Gasteiger partial charge in [-0.15, -0.1) is 0 Å². The average molecular weight is 252 g/mol. The number of carbonyl (C=O) groups excluding carboxylic acids is 1. The second-order valence-electron chi connectivity index (χ2n) is 6.69. The lowest BCUT2D eigenvalue weighted by Crippen LogP contribution is -2.60. The van der Waals surface area contributed by atoms with Crippen LogP contribution in [0.2, 0.25) is 0 Å². The highest BCUT2D eigenvalue weighted by atomic mass is 16.6. The Morgan fingerprint density at radius 3 is 2.50 bits per heavy atom. The van der Waals surface area contributed by atoms with E-state index in [0.29, 0.717) is 0 Å². The van der Waals surface area contributed by atoms with Crippen LogP contribution in [0.25, 0.3) is 0 Å². The summed E-state index contributed by atoms with van der Waals surface area (Å²) >= 11 is 0. The molecule has 0 radical (unpaired) electrons. The lowest BCUT2D eigenvalue weighted by atomic mass is 9.69. The first-order chi connectivity index (χ1) is 8.24. The number of methoxy groups -OCH3 is 1. The monoisotopic (exact) mass is 252 g/mol. The molecule has 2 aliphatic heterocycles. The van der Waals surface area contributed by atoms with Crippen LogP contribution in [0.15, 0.2) is 12.2 Å². The molecule has 0 aromatic carbocycles. The molecule has 3 nitrogen and oxygen atoms in total. The second kappa shape index (κ2) is 4.17. The third kappa shape index (κ3) is 1.76. The maximum Gasteiger partial charge on any atom is 0.144 e. The molecule has 2 rings (SSSR count). The van der Waals surface area contributed by atoms with E-state index in [0.717, 1.165) is 0 Å². The lowest BCUT2D eigenvalue weighted by molar-refractivity contribution is -0.201. The fourth-order valence-electron chi connectivity index (χ4n) is 3.44. The summed E-state index contributed by atoms with van der Waals surface area (Å²) in [5.41, 5.74) is -0.676. The number of ether oxygens (including phenoxy) is 2. The van der Waals surface area contributed by atoms with Crippen molar-refractivity contribution >= 4 is 5.78 Å². The fourth-order valence-corrected chi connectivity index (χ4v) is 3.44. The van der Waals surface area contributed by atoms with Crippen molar-refractivity contribution in [2.45, 2.75) is 52.4 Å². The molecule has 0 aliphatic carbocycles. The van der Waals surface area contributed by atoms with Crippen LogP contribution in [0, 0.1) is 17.3 Å². The van der Waals surface area contributed by atoms with Crippen LogP contribution in [0.1, 0.15) is 34.6 Å². The van der Waals surface area contributed by atoms with Crippen LogP contribution in [0.5, 0.6) is 0 Å². The molecule has 5 atom stereocenters. The molecular weight excluding hydrogens is 228 g/mol. The highest BCUT2D eigenvalue weighted by Gasteiger charge is 2.58. The van der Waals surface area contributed by atoms with Crippen LogP contribution in [-0.4, -0.2) is 30.7 Å². The zero-order chi connectivity index (χ0) is 13.7. The van der Waals surface area contributed by atoms with Gasteiger partial charge < -0.3 is 9.47 Å². The van der Waals surface area contributed by atoms with Crippen molar-refractivity contribution in [1.82, 2.24) is 0 Å². The van der Waals surface area contributed by atoms with Crippen LogP contribution in [-0.2, 0) is 14.3 Å². The predicted molar refractivity (Wildman–Crippen MR) is 70.3 cm³/mol. The predicted octanol–water partition coefficient (Wildman–Crippen LogP) is 2.60. The van der Waals surface area contributed by atoms with Gasteiger partial charge in [0.15, 0.2) is 0 Å². The summed E-state index contributed by atoms with van der Waals surface area (Å²) in [6.45, 7) is 10.3. The number of carbonyl (C=O) groups is 1. The second-order valence-corrected chi connectivity index (χ2v) is 6.69. The first-order valence-corrected chi connectivity index (χ1v) is 6.67. The Balaban J connectivity index is 2.42. The Kier molecular flexibility index (Phi) is 3.19. The molecule has 3 heteroatoms. The van der Waals surface area contributed by atoms with E-state index in [-0.39, 0.29) is 35.2 Å². The number of hydrogen-bond acceptors (Lipinski definition) is 3. The van der Waals surface area contributed by atoms with Gasteiger partial charge in [0.2, 0.25) is 0 Å². The Morgan fingerprint density at radius 2 is 2.00 bits per heavy atom. The summed E-state index contributed by atoms with van der Waals surface area (Å²) in [5, 5.41) is 0. The van der Waals surface area contributed by atoms with Gasteiger partial charge in [0.1, 0.15) is 11.4 Å². The molecular formula is C15H24O3. The quantitative estimate of drug-likeness (QED) is 0.709. The molecule has 0 spiro atoms. The van der Waals surface area contributed by atoms with Gasteiger partial charge in [-0.25, -0.2) is 0 Å². The molecule has 0 saturated carbocycles. The minimum atomic E-state index is -0.596. The Bertz CT molecular complexity index is 380. The maximum atomic E-state index is 12.4. The largest absolute Gasteiger partial charge is 0.378 e. The Morgan fingerprint density at radius 1 is 1.39 bits per heavy atom. The van der Waals surface area contributed by atoms with Gasteiger partial charge in [-0.05, 0) is 5.41 Å². The molecule has 1 fully saturated rings. The molecule has 2 aliphatic rings. The van der Waals surface area contributed by atoms with E-state index in [1.54, 1.807) is 7.11 Å². The van der Waals surface area contributed by atoms with Gasteiger partial charge >= 0.3 is 0 Å². The van der Waals surface area contributed by atoms with Crippen molar-refractivity contribution in [3.63, 3.8) is 0 Å². The van der Waals surface area contributed by atoms with Crippen molar-refractivity contribution in [3.05, 3.63) is 12.2 Å². The highest BCUT2D eigenvalue weighted by molar-refractivity contribution is 5.87. The molecule has 1 saturated heterocycles. The third-order valence-corrected chi connectivity index (χ3v) is 4.36. The van der Waals surface area contributed by atoms with Crippen molar-refractivity contribution in [2.24, 2.45) is 17.3 Å². The zero-order valence-corrected chi connectivity index (χ0v) is 12.2. The van der Waals surface area contributed by atoms with Crippen LogP contribution in [0.4, 0.5) is 0 Å². The number of fused-ring (bicyclic) bond motifs is 2. The molecule has 18 heavy (non-hydrogen) atoms. The average Bonchev–Trinajstić information content (AvgIpc) is 2.67. The van der Waals surface area contributed by atoms with E-state index < -0.39 is 5.60 Å². The van der Waals surface area contributed by atoms with E-state index in [9.17, 15) is 4.79 Å². The van der Waals surface area contributed by atoms with Gasteiger partial charge in [0.25, 0.3) is 0 Å². The molecule has 0 aromatic rings. The van der Waals surface area contributed by atoms with Gasteiger partial charge in [0.05, 0.1) is 18.1 Å². The summed E-state index contributed by atoms with van der Waals surface area (Å²) in [6.07, 6.45) is 3.87. The normalized spacial score (nSPS) is 41.2. The molecule has 102 valence electrons. The maximum absolute atomic E-state index is 12.4. The summed E-state index contributed by atoms with van der Waals surface area (Å²) in [4.78, 5) is 12.4. The molecule has 2 bridgehead atoms. The van der Waals surface area contributed by atoms with Gasteiger partial charge in [-0.3, -0.25) is 4.79 Å². The smallest absolute Gasteiger partial charge is 0.144 e. The molecule has 0 amide bonds. The summed E-state index contributed by atoms with van der Waals surface area (Å²) in [6, 6.07) is 0. The van der Waals surface area contributed by atoms with Crippen molar-refractivity contribution < 1.29 is 14.3 Å². The molecule has 0 unspecified atom stereocenters. The van der Waals surface area contributed by atoms with Gasteiger partial charge in [-0.2, -0.15) is 0 Å². The summed E-state index contributed by atoms with van der Waals surface area (Å²) < 4.78 is 11.9. The lowest BCUT2D eigenvalue weighted by Gasteiger charge is -2.49. The van der Waals surface area contributed by atoms with Gasteiger partial charge in [0, 0.05) is 13.0 Å². The van der Waals surface area contributed by atoms with Crippen LogP contribution >= 0.6 is 0 Å². The molecule has 0 N–H and O–H groups in total. The summed E-state index contributed by atoms with van der Waals surface area (Å²) in [5.74, 6) is 0.0681. The number of ketones is 1. The van der Waals surface area contributed by atoms with E-state index in [2.05, 4.69) is 26.8 Å². The van der Waals surface area contributed by atoms with Crippen molar-refractivity contribution in [1.29, 1.82) is 0 Å². The topological polar surface area (TPSA) is 35.5 Å². The van der Waals surface area contributed by atoms with E-state index in [1.165, 1.54) is 0 Å².